The zero-order chi connectivity index (χ0) is 9.80. The molecule has 2 rings (SSSR count). The average Bonchev–Trinajstić information content (AvgIpc) is 2.85. The molecule has 1 aliphatic rings. The van der Waals surface area contributed by atoms with Crippen molar-refractivity contribution in [2.24, 2.45) is 0 Å². The van der Waals surface area contributed by atoms with Crippen molar-refractivity contribution in [1.29, 1.82) is 0 Å². The number of aromatic nitrogens is 2. The minimum Gasteiger partial charge on any atom is -0.344 e. The topological polar surface area (TPSA) is 40.7 Å². The van der Waals surface area contributed by atoms with E-state index in [2.05, 4.69) is 22.2 Å². The van der Waals surface area contributed by atoms with Crippen LogP contribution in [0.2, 0.25) is 0 Å². The number of nitrogens with zero attached hydrogens (tertiary/aromatic N) is 1. The summed E-state index contributed by atoms with van der Waals surface area (Å²) in [5.41, 5.74) is 1.20. The summed E-state index contributed by atoms with van der Waals surface area (Å²) in [7, 11) is 0. The maximum Gasteiger partial charge on any atom is 0.119 e. The number of aromatic amines is 1. The van der Waals surface area contributed by atoms with Crippen molar-refractivity contribution >= 4 is 11.8 Å². The number of hydrogen-bond acceptors (Lipinski definition) is 3. The van der Waals surface area contributed by atoms with Gasteiger partial charge in [-0.1, -0.05) is 6.92 Å². The van der Waals surface area contributed by atoms with Crippen LogP contribution in [0, 0.1) is 0 Å². The summed E-state index contributed by atoms with van der Waals surface area (Å²) >= 11 is 2.02. The molecule has 3 nitrogen and oxygen atoms in total. The molecule has 1 atom stereocenters. The van der Waals surface area contributed by atoms with Crippen LogP contribution in [0.3, 0.4) is 0 Å². The van der Waals surface area contributed by atoms with Crippen molar-refractivity contribution in [3.05, 3.63) is 17.7 Å². The summed E-state index contributed by atoms with van der Waals surface area (Å²) in [4.78, 5) is 7.83. The van der Waals surface area contributed by atoms with E-state index in [0.717, 1.165) is 13.1 Å². The molecule has 78 valence electrons. The van der Waals surface area contributed by atoms with Crippen molar-refractivity contribution in [3.63, 3.8) is 0 Å². The molecule has 0 aromatic carbocycles. The van der Waals surface area contributed by atoms with Gasteiger partial charge in [0.1, 0.15) is 5.82 Å². The van der Waals surface area contributed by atoms with E-state index in [4.69, 9.17) is 0 Å². The first-order valence-electron chi connectivity index (χ1n) is 5.26. The van der Waals surface area contributed by atoms with E-state index in [9.17, 15) is 0 Å². The standard InChI is InChI=1S/C10H17N3S/c1-2-11-6-8-7-12-10(13-8)9-4-3-5-14-9/h7,9,11H,2-6H2,1H3,(H,12,13). The number of imidazole rings is 1. The molecule has 2 heterocycles. The zero-order valence-corrected chi connectivity index (χ0v) is 9.36. The van der Waals surface area contributed by atoms with Crippen LogP contribution in [0.15, 0.2) is 6.20 Å². The number of rotatable bonds is 4. The van der Waals surface area contributed by atoms with Crippen LogP contribution < -0.4 is 5.32 Å². The van der Waals surface area contributed by atoms with Gasteiger partial charge in [-0.3, -0.25) is 0 Å². The highest BCUT2D eigenvalue weighted by Crippen LogP contribution is 2.38. The van der Waals surface area contributed by atoms with Crippen molar-refractivity contribution in [2.75, 3.05) is 12.3 Å². The summed E-state index contributed by atoms with van der Waals surface area (Å²) in [6, 6.07) is 0. The van der Waals surface area contributed by atoms with Crippen molar-refractivity contribution < 1.29 is 0 Å². The Bertz CT molecular complexity index is 279. The quantitative estimate of drug-likeness (QED) is 0.801. The van der Waals surface area contributed by atoms with E-state index in [1.807, 2.05) is 18.0 Å². The van der Waals surface area contributed by atoms with Crippen molar-refractivity contribution in [2.45, 2.75) is 31.6 Å². The number of thioether (sulfide) groups is 1. The Balaban J connectivity index is 1.94. The maximum absolute atomic E-state index is 4.43. The molecule has 1 aliphatic heterocycles. The molecular formula is C10H17N3S. The molecule has 0 amide bonds. The normalized spacial score (nSPS) is 21.6. The average molecular weight is 211 g/mol. The molecule has 2 N–H and O–H groups in total. The molecule has 0 radical (unpaired) electrons. The second-order valence-electron chi connectivity index (χ2n) is 3.58. The van der Waals surface area contributed by atoms with Gasteiger partial charge in [-0.25, -0.2) is 4.98 Å². The largest absolute Gasteiger partial charge is 0.344 e. The molecule has 4 heteroatoms. The Kier molecular flexibility index (Phi) is 3.48. The monoisotopic (exact) mass is 211 g/mol. The van der Waals surface area contributed by atoms with Gasteiger partial charge in [0.15, 0.2) is 0 Å². The number of nitrogens with one attached hydrogen (secondary N) is 2. The van der Waals surface area contributed by atoms with Gasteiger partial charge >= 0.3 is 0 Å². The third-order valence-electron chi connectivity index (χ3n) is 2.45. The van der Waals surface area contributed by atoms with E-state index in [1.54, 1.807) is 0 Å². The van der Waals surface area contributed by atoms with E-state index in [-0.39, 0.29) is 0 Å². The molecule has 1 saturated heterocycles. The Morgan fingerprint density at radius 3 is 3.36 bits per heavy atom. The molecule has 1 aromatic rings. The van der Waals surface area contributed by atoms with Gasteiger partial charge in [-0.2, -0.15) is 11.8 Å². The number of H-pyrrole nitrogens is 1. The van der Waals surface area contributed by atoms with Crippen LogP contribution in [-0.4, -0.2) is 22.3 Å². The Morgan fingerprint density at radius 1 is 1.71 bits per heavy atom. The summed E-state index contributed by atoms with van der Waals surface area (Å²) in [5.74, 6) is 2.45. The van der Waals surface area contributed by atoms with Gasteiger partial charge in [-0.05, 0) is 25.1 Å². The van der Waals surface area contributed by atoms with Gasteiger partial charge in [0.05, 0.1) is 5.25 Å². The molecule has 1 aromatic heterocycles. The van der Waals surface area contributed by atoms with E-state index >= 15 is 0 Å². The maximum atomic E-state index is 4.43. The van der Waals surface area contributed by atoms with Gasteiger partial charge in [0.25, 0.3) is 0 Å². The molecule has 0 saturated carbocycles. The summed E-state index contributed by atoms with van der Waals surface area (Å²) in [6.07, 6.45) is 4.56. The summed E-state index contributed by atoms with van der Waals surface area (Å²) < 4.78 is 0. The predicted octanol–water partition coefficient (Wildman–Crippen LogP) is 2.09. The van der Waals surface area contributed by atoms with Gasteiger partial charge < -0.3 is 10.3 Å². The minimum atomic E-state index is 0.616. The van der Waals surface area contributed by atoms with Gasteiger partial charge in [0, 0.05) is 18.4 Å². The van der Waals surface area contributed by atoms with Crippen LogP contribution in [0.4, 0.5) is 0 Å². The summed E-state index contributed by atoms with van der Waals surface area (Å²) in [6.45, 7) is 4.03. The summed E-state index contributed by atoms with van der Waals surface area (Å²) in [5, 5.41) is 3.91. The first kappa shape index (κ1) is 10.1. The molecule has 0 bridgehead atoms. The predicted molar refractivity (Wildman–Crippen MR) is 60.4 cm³/mol. The SMILES string of the molecule is CCNCc1cnc(C2CCCS2)[nH]1. The second kappa shape index (κ2) is 4.84. The Labute approximate surface area is 89.1 Å². The smallest absolute Gasteiger partial charge is 0.119 e. The van der Waals surface area contributed by atoms with Gasteiger partial charge in [0.2, 0.25) is 0 Å². The Hall–Kier alpha value is -0.480. The lowest BCUT2D eigenvalue weighted by atomic mass is 10.2. The van der Waals surface area contributed by atoms with Crippen LogP contribution >= 0.6 is 11.8 Å². The zero-order valence-electron chi connectivity index (χ0n) is 8.55. The van der Waals surface area contributed by atoms with Crippen LogP contribution in [0.25, 0.3) is 0 Å². The lowest BCUT2D eigenvalue weighted by Crippen LogP contribution is -2.11. The first-order chi connectivity index (χ1) is 6.90. The van der Waals surface area contributed by atoms with E-state index in [1.165, 1.54) is 30.1 Å². The molecule has 1 fully saturated rings. The highest BCUT2D eigenvalue weighted by atomic mass is 32.2. The highest BCUT2D eigenvalue weighted by molar-refractivity contribution is 7.99. The molecule has 14 heavy (non-hydrogen) atoms. The van der Waals surface area contributed by atoms with Crippen molar-refractivity contribution in [3.8, 4) is 0 Å². The third-order valence-corrected chi connectivity index (χ3v) is 3.83. The number of hydrogen-bond donors (Lipinski definition) is 2. The van der Waals surface area contributed by atoms with E-state index in [0.29, 0.717) is 5.25 Å². The minimum absolute atomic E-state index is 0.616. The van der Waals surface area contributed by atoms with Crippen molar-refractivity contribution in [1.82, 2.24) is 15.3 Å². The Morgan fingerprint density at radius 2 is 2.64 bits per heavy atom. The molecule has 0 aliphatic carbocycles. The lowest BCUT2D eigenvalue weighted by Gasteiger charge is -2.03. The van der Waals surface area contributed by atoms with Gasteiger partial charge in [-0.15, -0.1) is 0 Å². The fourth-order valence-electron chi connectivity index (χ4n) is 1.68. The fraction of sp³-hybridized carbons (Fsp3) is 0.700. The van der Waals surface area contributed by atoms with E-state index < -0.39 is 0 Å². The first-order valence-corrected chi connectivity index (χ1v) is 6.31. The fourth-order valence-corrected chi connectivity index (χ4v) is 2.91. The molecule has 1 unspecified atom stereocenters. The lowest BCUT2D eigenvalue weighted by molar-refractivity contribution is 0.709. The van der Waals surface area contributed by atoms with Crippen LogP contribution in [-0.2, 0) is 6.54 Å². The second-order valence-corrected chi connectivity index (χ2v) is 4.89. The highest BCUT2D eigenvalue weighted by Gasteiger charge is 2.20. The molecule has 0 spiro atoms. The van der Waals surface area contributed by atoms with Crippen LogP contribution in [0.5, 0.6) is 0 Å². The third kappa shape index (κ3) is 2.30. The van der Waals surface area contributed by atoms with Crippen LogP contribution in [0.1, 0.15) is 36.5 Å². The molecular weight excluding hydrogens is 194 g/mol.